The smallest absolute Gasteiger partial charge is 0.191 e. The minimum atomic E-state index is -0.236. The van der Waals surface area contributed by atoms with E-state index >= 15 is 0 Å². The summed E-state index contributed by atoms with van der Waals surface area (Å²) in [5.41, 5.74) is 1.86. The first kappa shape index (κ1) is 19.8. The number of rotatable bonds is 6. The number of nitrogens with one attached hydrogen (secondary N) is 2. The van der Waals surface area contributed by atoms with Crippen molar-refractivity contribution in [2.24, 2.45) is 4.99 Å². The van der Waals surface area contributed by atoms with E-state index in [2.05, 4.69) is 32.9 Å². The molecule has 0 aliphatic heterocycles. The number of hydrogen-bond acceptors (Lipinski definition) is 3. The highest BCUT2D eigenvalue weighted by molar-refractivity contribution is 14.0. The molecule has 4 nitrogen and oxygen atoms in total. The van der Waals surface area contributed by atoms with E-state index in [9.17, 15) is 4.39 Å². The van der Waals surface area contributed by atoms with Crippen molar-refractivity contribution in [1.29, 1.82) is 0 Å². The fraction of sp³-hybridized carbons (Fsp3) is 0.375. The number of halogens is 2. The molecule has 0 saturated heterocycles. The molecule has 0 spiro atoms. The predicted molar refractivity (Wildman–Crippen MR) is 105 cm³/mol. The Morgan fingerprint density at radius 1 is 1.30 bits per heavy atom. The summed E-state index contributed by atoms with van der Waals surface area (Å²) >= 11 is 1.67. The van der Waals surface area contributed by atoms with Gasteiger partial charge in [0.05, 0.1) is 23.8 Å². The molecule has 0 atom stereocenters. The van der Waals surface area contributed by atoms with Crippen molar-refractivity contribution < 1.29 is 4.39 Å². The lowest BCUT2D eigenvalue weighted by atomic mass is 10.2. The van der Waals surface area contributed by atoms with Gasteiger partial charge in [-0.05, 0) is 31.0 Å². The monoisotopic (exact) mass is 448 g/mol. The van der Waals surface area contributed by atoms with Crippen LogP contribution in [0.1, 0.15) is 30.1 Å². The molecule has 0 unspecified atom stereocenters. The van der Waals surface area contributed by atoms with Crippen LogP contribution in [0.3, 0.4) is 0 Å². The Labute approximate surface area is 157 Å². The van der Waals surface area contributed by atoms with Crippen molar-refractivity contribution in [1.82, 2.24) is 15.6 Å². The number of thiazole rings is 1. The van der Waals surface area contributed by atoms with Gasteiger partial charge in [0.25, 0.3) is 0 Å². The zero-order valence-corrected chi connectivity index (χ0v) is 16.5. The van der Waals surface area contributed by atoms with E-state index in [1.165, 1.54) is 12.1 Å². The minimum Gasteiger partial charge on any atom is -0.357 e. The second-order valence-electron chi connectivity index (χ2n) is 4.76. The number of aliphatic imine (C=N–C) groups is 1. The highest BCUT2D eigenvalue weighted by Gasteiger charge is 2.02. The lowest BCUT2D eigenvalue weighted by Crippen LogP contribution is -2.36. The summed E-state index contributed by atoms with van der Waals surface area (Å²) in [6, 6.07) is 6.50. The molecule has 1 aromatic heterocycles. The average molecular weight is 448 g/mol. The number of aromatic nitrogens is 1. The maximum Gasteiger partial charge on any atom is 0.191 e. The number of guanidine groups is 1. The number of nitrogens with zero attached hydrogens (tertiary/aromatic N) is 2. The summed E-state index contributed by atoms with van der Waals surface area (Å²) in [7, 11) is 0. The molecule has 2 rings (SSSR count). The highest BCUT2D eigenvalue weighted by atomic mass is 127. The molecule has 2 N–H and O–H groups in total. The lowest BCUT2D eigenvalue weighted by Gasteiger charge is -2.10. The fourth-order valence-electron chi connectivity index (χ4n) is 1.91. The van der Waals surface area contributed by atoms with Crippen molar-refractivity contribution in [3.8, 4) is 0 Å². The third kappa shape index (κ3) is 6.82. The van der Waals surface area contributed by atoms with E-state index in [-0.39, 0.29) is 29.8 Å². The van der Waals surface area contributed by atoms with E-state index in [0.29, 0.717) is 19.0 Å². The summed E-state index contributed by atoms with van der Waals surface area (Å²) in [6.45, 7) is 5.94. The van der Waals surface area contributed by atoms with Crippen molar-refractivity contribution in [2.75, 3.05) is 6.54 Å². The number of benzene rings is 1. The van der Waals surface area contributed by atoms with Crippen molar-refractivity contribution >= 4 is 41.3 Å². The van der Waals surface area contributed by atoms with Crippen LogP contribution in [0, 0.1) is 5.82 Å². The Bertz CT molecular complexity index is 630. The third-order valence-electron chi connectivity index (χ3n) is 2.99. The van der Waals surface area contributed by atoms with E-state index in [0.717, 1.165) is 29.2 Å². The summed E-state index contributed by atoms with van der Waals surface area (Å²) in [5.74, 6) is 0.470. The van der Waals surface area contributed by atoms with Crippen LogP contribution in [-0.2, 0) is 19.5 Å². The highest BCUT2D eigenvalue weighted by Crippen LogP contribution is 2.09. The summed E-state index contributed by atoms with van der Waals surface area (Å²) in [6.07, 6.45) is 0.957. The minimum absolute atomic E-state index is 0. The van der Waals surface area contributed by atoms with Gasteiger partial charge in [0.1, 0.15) is 5.82 Å². The summed E-state index contributed by atoms with van der Waals surface area (Å²) in [4.78, 5) is 8.98. The molecule has 0 aliphatic carbocycles. The Kier molecular flexibility index (Phi) is 9.08. The van der Waals surface area contributed by atoms with Gasteiger partial charge in [-0.25, -0.2) is 14.4 Å². The van der Waals surface area contributed by atoms with Crippen LogP contribution in [0.2, 0.25) is 0 Å². The first-order valence-corrected chi connectivity index (χ1v) is 8.29. The van der Waals surface area contributed by atoms with Gasteiger partial charge >= 0.3 is 0 Å². The van der Waals surface area contributed by atoms with Gasteiger partial charge in [-0.2, -0.15) is 0 Å². The topological polar surface area (TPSA) is 49.3 Å². The molecule has 0 amide bonds. The van der Waals surface area contributed by atoms with Gasteiger partial charge in [0.15, 0.2) is 5.96 Å². The molecule has 0 radical (unpaired) electrons. The Balaban J connectivity index is 0.00000264. The summed E-state index contributed by atoms with van der Waals surface area (Å²) < 4.78 is 13.2. The largest absolute Gasteiger partial charge is 0.357 e. The molecule has 1 aromatic carbocycles. The normalized spacial score (nSPS) is 11.0. The molecule has 0 fully saturated rings. The van der Waals surface area contributed by atoms with Gasteiger partial charge < -0.3 is 10.6 Å². The van der Waals surface area contributed by atoms with Gasteiger partial charge in [0.2, 0.25) is 0 Å². The molecule has 0 bridgehead atoms. The van der Waals surface area contributed by atoms with E-state index in [4.69, 9.17) is 0 Å². The first-order chi connectivity index (χ1) is 10.7. The van der Waals surface area contributed by atoms with Crippen LogP contribution < -0.4 is 10.6 Å². The SMILES string of the molecule is CCNC(=NCc1cccc(F)c1)NCc1csc(CC)n1.I. The van der Waals surface area contributed by atoms with Crippen LogP contribution >= 0.6 is 35.3 Å². The first-order valence-electron chi connectivity index (χ1n) is 7.41. The zero-order valence-electron chi connectivity index (χ0n) is 13.3. The van der Waals surface area contributed by atoms with Crippen molar-refractivity contribution in [3.63, 3.8) is 0 Å². The number of aryl methyl sites for hydroxylation is 1. The van der Waals surface area contributed by atoms with Crippen LogP contribution in [-0.4, -0.2) is 17.5 Å². The standard InChI is InChI=1S/C16H21FN4S.HI/c1-3-15-21-14(11-22-15)10-20-16(18-4-2)19-9-12-6-5-7-13(17)8-12;/h5-8,11H,3-4,9-10H2,1-2H3,(H2,18,19,20);1H. The second kappa shape index (κ2) is 10.5. The van der Waals surface area contributed by atoms with Gasteiger partial charge in [-0.1, -0.05) is 19.1 Å². The molecule has 2 aromatic rings. The molecule has 0 aliphatic rings. The van der Waals surface area contributed by atoms with Crippen molar-refractivity contribution in [2.45, 2.75) is 33.4 Å². The zero-order chi connectivity index (χ0) is 15.8. The second-order valence-corrected chi connectivity index (χ2v) is 5.71. The lowest BCUT2D eigenvalue weighted by molar-refractivity contribution is 0.625. The molecular formula is C16H22FIN4S. The van der Waals surface area contributed by atoms with Crippen LogP contribution in [0.4, 0.5) is 4.39 Å². The van der Waals surface area contributed by atoms with Crippen LogP contribution in [0.15, 0.2) is 34.6 Å². The average Bonchev–Trinajstić information content (AvgIpc) is 2.98. The van der Waals surface area contributed by atoms with Gasteiger partial charge in [-0.15, -0.1) is 35.3 Å². The van der Waals surface area contributed by atoms with E-state index in [1.54, 1.807) is 17.4 Å². The van der Waals surface area contributed by atoms with E-state index in [1.807, 2.05) is 13.0 Å². The Morgan fingerprint density at radius 2 is 2.13 bits per heavy atom. The molecule has 1 heterocycles. The molecule has 23 heavy (non-hydrogen) atoms. The fourth-order valence-corrected chi connectivity index (χ4v) is 2.66. The van der Waals surface area contributed by atoms with Gasteiger partial charge in [-0.3, -0.25) is 0 Å². The Morgan fingerprint density at radius 3 is 2.78 bits per heavy atom. The summed E-state index contributed by atoms with van der Waals surface area (Å²) in [5, 5.41) is 9.62. The molecule has 7 heteroatoms. The maximum atomic E-state index is 13.2. The van der Waals surface area contributed by atoms with Gasteiger partial charge in [0, 0.05) is 11.9 Å². The molecule has 0 saturated carbocycles. The van der Waals surface area contributed by atoms with Crippen LogP contribution in [0.25, 0.3) is 0 Å². The molecule has 126 valence electrons. The quantitative estimate of drug-likeness (QED) is 0.403. The maximum absolute atomic E-state index is 13.2. The predicted octanol–water partition coefficient (Wildman–Crippen LogP) is 3.72. The number of hydrogen-bond donors (Lipinski definition) is 2. The van der Waals surface area contributed by atoms with Crippen LogP contribution in [0.5, 0.6) is 0 Å². The molecular weight excluding hydrogens is 426 g/mol. The Hall–Kier alpha value is -1.22. The van der Waals surface area contributed by atoms with E-state index < -0.39 is 0 Å². The third-order valence-corrected chi connectivity index (χ3v) is 4.03. The van der Waals surface area contributed by atoms with Crippen molar-refractivity contribution in [3.05, 3.63) is 51.7 Å².